The van der Waals surface area contributed by atoms with Gasteiger partial charge in [-0.1, -0.05) is 19.4 Å². The number of ether oxygens (including phenoxy) is 2. The molecule has 222 valence electrons. The number of likely N-dealkylation sites (N-methyl/N-ethyl adjacent to an activating group) is 1. The quantitative estimate of drug-likeness (QED) is 0.370. The predicted octanol–water partition coefficient (Wildman–Crippen LogP) is 2.22. The van der Waals surface area contributed by atoms with Crippen LogP contribution in [0.15, 0.2) is 18.2 Å². The molecule has 0 aromatic heterocycles. The lowest BCUT2D eigenvalue weighted by atomic mass is 9.84. The molecule has 2 fully saturated rings. The molecule has 0 aliphatic carbocycles. The van der Waals surface area contributed by atoms with Crippen LogP contribution < -0.4 is 9.47 Å². The van der Waals surface area contributed by atoms with E-state index in [0.717, 1.165) is 31.4 Å². The van der Waals surface area contributed by atoms with E-state index >= 15 is 0 Å². The first-order chi connectivity index (χ1) is 19.2. The highest BCUT2D eigenvalue weighted by Crippen LogP contribution is 2.42. The van der Waals surface area contributed by atoms with Gasteiger partial charge in [-0.05, 0) is 57.6 Å². The summed E-state index contributed by atoms with van der Waals surface area (Å²) in [6.45, 7) is 6.88. The third kappa shape index (κ3) is 6.98. The van der Waals surface area contributed by atoms with Crippen LogP contribution in [0.1, 0.15) is 44.1 Å². The normalized spacial score (nSPS) is 22.5. The number of nitrogens with zero attached hydrogens (tertiary/aromatic N) is 5. The van der Waals surface area contributed by atoms with E-state index in [-0.39, 0.29) is 37.2 Å². The molecule has 0 radical (unpaired) electrons. The van der Waals surface area contributed by atoms with Crippen LogP contribution in [0, 0.1) is 5.92 Å². The minimum Gasteiger partial charge on any atom is -0.481 e. The lowest BCUT2D eigenvalue weighted by molar-refractivity contribution is -0.144. The molecule has 3 aliphatic heterocycles. The van der Waals surface area contributed by atoms with Gasteiger partial charge in [-0.25, -0.2) is 4.79 Å². The molecule has 0 bridgehead atoms. The van der Waals surface area contributed by atoms with E-state index in [2.05, 4.69) is 11.8 Å². The second-order valence-electron chi connectivity index (χ2n) is 11.5. The highest BCUT2D eigenvalue weighted by molar-refractivity contribution is 5.79. The van der Waals surface area contributed by atoms with Crippen LogP contribution in [0.3, 0.4) is 0 Å². The Morgan fingerprint density at radius 1 is 1.07 bits per heavy atom. The van der Waals surface area contributed by atoms with Gasteiger partial charge in [0.15, 0.2) is 11.5 Å². The number of benzene rings is 1. The number of hydrogen-bond acceptors (Lipinski definition) is 7. The Morgan fingerprint density at radius 2 is 1.82 bits per heavy atom. The summed E-state index contributed by atoms with van der Waals surface area (Å²) in [5, 5.41) is 10.5. The molecule has 1 N–H and O–H groups in total. The molecule has 3 aliphatic rings. The molecule has 1 aromatic carbocycles. The largest absolute Gasteiger partial charge is 0.481 e. The van der Waals surface area contributed by atoms with Gasteiger partial charge in [0.05, 0.1) is 12.5 Å². The van der Waals surface area contributed by atoms with Gasteiger partial charge in [0, 0.05) is 58.3 Å². The van der Waals surface area contributed by atoms with Crippen molar-refractivity contribution in [3.8, 4) is 11.5 Å². The predicted molar refractivity (Wildman–Crippen MR) is 151 cm³/mol. The van der Waals surface area contributed by atoms with E-state index < -0.39 is 11.9 Å². The van der Waals surface area contributed by atoms with Crippen LogP contribution in [0.2, 0.25) is 0 Å². The van der Waals surface area contributed by atoms with E-state index in [4.69, 9.17) is 9.47 Å². The minimum absolute atomic E-state index is 0.0321. The molecule has 3 unspecified atom stereocenters. The van der Waals surface area contributed by atoms with Gasteiger partial charge in [-0.3, -0.25) is 14.5 Å². The van der Waals surface area contributed by atoms with Crippen LogP contribution in [0.4, 0.5) is 4.79 Å². The van der Waals surface area contributed by atoms with Crippen molar-refractivity contribution in [2.75, 3.05) is 80.3 Å². The molecule has 0 saturated carbocycles. The highest BCUT2D eigenvalue weighted by Gasteiger charge is 2.47. The third-order valence-corrected chi connectivity index (χ3v) is 8.36. The SMILES string of the molecule is CCCCN(CCCN(C)C)C(=O)CN1CC(c2ccc3c(c2)OCO3)C(C(=O)O)C1CCN1CCN(C)C1=O. The second-order valence-corrected chi connectivity index (χ2v) is 11.5. The number of carboxylic acid groups (broad SMARTS) is 1. The summed E-state index contributed by atoms with van der Waals surface area (Å²) in [7, 11) is 5.83. The number of urea groups is 1. The van der Waals surface area contributed by atoms with Crippen molar-refractivity contribution < 1.29 is 29.0 Å². The van der Waals surface area contributed by atoms with E-state index in [1.165, 1.54) is 0 Å². The number of fused-ring (bicyclic) bond motifs is 1. The van der Waals surface area contributed by atoms with Crippen molar-refractivity contribution in [3.63, 3.8) is 0 Å². The summed E-state index contributed by atoms with van der Waals surface area (Å²) in [6.07, 6.45) is 3.29. The molecule has 40 heavy (non-hydrogen) atoms. The van der Waals surface area contributed by atoms with E-state index in [1.54, 1.807) is 16.8 Å². The van der Waals surface area contributed by atoms with Crippen LogP contribution in [0.5, 0.6) is 11.5 Å². The Hall–Kier alpha value is -3.05. The summed E-state index contributed by atoms with van der Waals surface area (Å²) in [5.74, 6) is -0.629. The smallest absolute Gasteiger partial charge is 0.319 e. The van der Waals surface area contributed by atoms with Crippen molar-refractivity contribution >= 4 is 17.9 Å². The Morgan fingerprint density at radius 3 is 2.50 bits per heavy atom. The Kier molecular flexibility index (Phi) is 10.1. The van der Waals surface area contributed by atoms with E-state index in [9.17, 15) is 19.5 Å². The lowest BCUT2D eigenvalue weighted by Gasteiger charge is -2.31. The number of hydrogen-bond donors (Lipinski definition) is 1. The second kappa shape index (κ2) is 13.5. The van der Waals surface area contributed by atoms with Crippen LogP contribution in [-0.2, 0) is 9.59 Å². The number of rotatable bonds is 14. The highest BCUT2D eigenvalue weighted by atomic mass is 16.7. The molecule has 1 aromatic rings. The van der Waals surface area contributed by atoms with Crippen molar-refractivity contribution in [1.82, 2.24) is 24.5 Å². The third-order valence-electron chi connectivity index (χ3n) is 8.36. The molecule has 3 amide bonds. The summed E-state index contributed by atoms with van der Waals surface area (Å²) in [4.78, 5) is 48.6. The van der Waals surface area contributed by atoms with Gasteiger partial charge in [0.1, 0.15) is 0 Å². The number of carboxylic acids is 1. The van der Waals surface area contributed by atoms with Crippen molar-refractivity contribution in [2.24, 2.45) is 5.92 Å². The number of carbonyl (C=O) groups excluding carboxylic acids is 2. The first kappa shape index (κ1) is 29.9. The van der Waals surface area contributed by atoms with Crippen molar-refractivity contribution in [1.29, 1.82) is 0 Å². The molecule has 2 saturated heterocycles. The first-order valence-electron chi connectivity index (χ1n) is 14.5. The Balaban J connectivity index is 1.55. The summed E-state index contributed by atoms with van der Waals surface area (Å²) < 4.78 is 11.0. The number of amides is 3. The fourth-order valence-corrected chi connectivity index (χ4v) is 6.09. The molecule has 3 atom stereocenters. The average Bonchev–Trinajstić information content (AvgIpc) is 3.62. The van der Waals surface area contributed by atoms with Crippen molar-refractivity contribution in [3.05, 3.63) is 23.8 Å². The molecule has 4 rings (SSSR count). The maximum atomic E-state index is 13.7. The molecule has 0 spiro atoms. The number of carbonyl (C=O) groups is 3. The van der Waals surface area contributed by atoms with E-state index in [1.807, 2.05) is 42.1 Å². The number of unbranched alkanes of at least 4 members (excludes halogenated alkanes) is 1. The monoisotopic (exact) mass is 559 g/mol. The van der Waals surface area contributed by atoms with Crippen LogP contribution in [-0.4, -0.2) is 134 Å². The summed E-state index contributed by atoms with van der Waals surface area (Å²) >= 11 is 0. The topological polar surface area (TPSA) is 106 Å². The molecule has 11 heteroatoms. The summed E-state index contributed by atoms with van der Waals surface area (Å²) in [6, 6.07) is 5.19. The van der Waals surface area contributed by atoms with Gasteiger partial charge in [-0.15, -0.1) is 0 Å². The van der Waals surface area contributed by atoms with Crippen LogP contribution in [0.25, 0.3) is 0 Å². The molecular weight excluding hydrogens is 514 g/mol. The van der Waals surface area contributed by atoms with Gasteiger partial charge >= 0.3 is 12.0 Å². The standard InChI is InChI=1S/C29H45N5O6/c1-5-6-12-32(13-7-11-30(2)3)26(35)19-34-18-22(21-8-9-24-25(17-21)40-20-39-24)27(28(36)37)23(34)10-14-33-16-15-31(4)29(33)38/h8-9,17,22-23,27H,5-7,10-16,18-20H2,1-4H3,(H,36,37). The zero-order valence-corrected chi connectivity index (χ0v) is 24.4. The minimum atomic E-state index is -0.888. The zero-order chi connectivity index (χ0) is 28.8. The first-order valence-corrected chi connectivity index (χ1v) is 14.5. The van der Waals surface area contributed by atoms with Crippen LogP contribution >= 0.6 is 0 Å². The fourth-order valence-electron chi connectivity index (χ4n) is 6.09. The maximum Gasteiger partial charge on any atom is 0.319 e. The molecule has 3 heterocycles. The van der Waals surface area contributed by atoms with E-state index in [0.29, 0.717) is 57.2 Å². The Labute approximate surface area is 237 Å². The molecule has 11 nitrogen and oxygen atoms in total. The molecular formula is C29H45N5O6. The Bertz CT molecular complexity index is 1050. The van der Waals surface area contributed by atoms with Gasteiger partial charge < -0.3 is 34.2 Å². The lowest BCUT2D eigenvalue weighted by Crippen LogP contribution is -2.46. The maximum absolute atomic E-state index is 13.7. The van der Waals surface area contributed by atoms with Gasteiger partial charge in [0.2, 0.25) is 12.7 Å². The van der Waals surface area contributed by atoms with Gasteiger partial charge in [-0.2, -0.15) is 0 Å². The number of aliphatic carboxylic acids is 1. The van der Waals surface area contributed by atoms with Gasteiger partial charge in [0.25, 0.3) is 0 Å². The fraction of sp³-hybridized carbons (Fsp3) is 0.690. The average molecular weight is 560 g/mol. The zero-order valence-electron chi connectivity index (χ0n) is 24.4. The number of likely N-dealkylation sites (tertiary alicyclic amines) is 1. The van der Waals surface area contributed by atoms with Crippen molar-refractivity contribution in [2.45, 2.75) is 44.6 Å². The summed E-state index contributed by atoms with van der Waals surface area (Å²) in [5.41, 5.74) is 0.863.